The summed E-state index contributed by atoms with van der Waals surface area (Å²) in [6.07, 6.45) is 0. The Hall–Kier alpha value is -1.60. The predicted octanol–water partition coefficient (Wildman–Crippen LogP) is 0.773. The molecule has 0 unspecified atom stereocenters. The van der Waals surface area contributed by atoms with Crippen LogP contribution in [0.15, 0.2) is 24.3 Å². The zero-order valence-electron chi connectivity index (χ0n) is 11.7. The minimum atomic E-state index is -3.47. The van der Waals surface area contributed by atoms with Crippen LogP contribution in [0, 0.1) is 5.92 Å². The monoisotopic (exact) mass is 299 g/mol. The van der Waals surface area contributed by atoms with Crippen LogP contribution < -0.4 is 15.8 Å². The van der Waals surface area contributed by atoms with Gasteiger partial charge in [0, 0.05) is 13.1 Å². The maximum atomic E-state index is 11.9. The molecule has 0 heterocycles. The number of amides is 1. The summed E-state index contributed by atoms with van der Waals surface area (Å²) in [5.41, 5.74) is 5.89. The van der Waals surface area contributed by atoms with Crippen LogP contribution in [0.3, 0.4) is 0 Å². The van der Waals surface area contributed by atoms with Crippen LogP contribution in [0.25, 0.3) is 0 Å². The molecule has 0 fully saturated rings. The molecule has 0 saturated carbocycles. The normalized spacial score (nSPS) is 11.4. The first-order valence-corrected chi connectivity index (χ1v) is 8.08. The van der Waals surface area contributed by atoms with Crippen LogP contribution >= 0.6 is 0 Å². The summed E-state index contributed by atoms with van der Waals surface area (Å²) in [5.74, 6) is -0.338. The van der Waals surface area contributed by atoms with E-state index in [1.165, 1.54) is 0 Å². The molecule has 0 aliphatic heterocycles. The Morgan fingerprint density at radius 2 is 1.95 bits per heavy atom. The molecule has 0 saturated heterocycles. The Morgan fingerprint density at radius 1 is 1.30 bits per heavy atom. The highest BCUT2D eigenvalue weighted by Crippen LogP contribution is 2.17. The molecule has 4 N–H and O–H groups in total. The third kappa shape index (κ3) is 5.18. The highest BCUT2D eigenvalue weighted by atomic mass is 32.2. The van der Waals surface area contributed by atoms with E-state index < -0.39 is 10.0 Å². The summed E-state index contributed by atoms with van der Waals surface area (Å²) in [7, 11) is -3.47. The molecule has 0 radical (unpaired) electrons. The molecule has 6 nitrogen and oxygen atoms in total. The highest BCUT2D eigenvalue weighted by molar-refractivity contribution is 7.92. The fourth-order valence-corrected chi connectivity index (χ4v) is 3.17. The Labute approximate surface area is 119 Å². The summed E-state index contributed by atoms with van der Waals surface area (Å²) in [6, 6.07) is 6.48. The topological polar surface area (TPSA) is 101 Å². The molecule has 1 rings (SSSR count). The first-order valence-electron chi connectivity index (χ1n) is 6.43. The molecule has 7 heteroatoms. The number of sulfonamides is 1. The van der Waals surface area contributed by atoms with Crippen molar-refractivity contribution in [2.45, 2.75) is 13.8 Å². The number of nitrogens with two attached hydrogens (primary N) is 1. The van der Waals surface area contributed by atoms with Gasteiger partial charge in [-0.3, -0.25) is 9.52 Å². The molecule has 1 amide bonds. The van der Waals surface area contributed by atoms with Gasteiger partial charge in [-0.2, -0.15) is 0 Å². The van der Waals surface area contributed by atoms with E-state index in [1.54, 1.807) is 24.3 Å². The van der Waals surface area contributed by atoms with Gasteiger partial charge in [0.05, 0.1) is 17.0 Å². The fourth-order valence-electron chi connectivity index (χ4n) is 1.70. The zero-order chi connectivity index (χ0) is 15.2. The van der Waals surface area contributed by atoms with Crippen molar-refractivity contribution >= 4 is 21.6 Å². The molecular weight excluding hydrogens is 278 g/mol. The van der Waals surface area contributed by atoms with Crippen LogP contribution in [0.1, 0.15) is 24.2 Å². The zero-order valence-corrected chi connectivity index (χ0v) is 12.5. The Kier molecular flexibility index (Phi) is 5.97. The largest absolute Gasteiger partial charge is 0.351 e. The Bertz CT molecular complexity index is 556. The number of para-hydroxylation sites is 1. The van der Waals surface area contributed by atoms with Crippen LogP contribution in [0.4, 0.5) is 5.69 Å². The molecule has 0 aliphatic rings. The molecule has 0 bridgehead atoms. The van der Waals surface area contributed by atoms with Gasteiger partial charge in [0.1, 0.15) is 0 Å². The lowest BCUT2D eigenvalue weighted by Crippen LogP contribution is -2.30. The maximum absolute atomic E-state index is 11.9. The number of rotatable bonds is 7. The Balaban J connectivity index is 2.93. The van der Waals surface area contributed by atoms with Gasteiger partial charge in [0.2, 0.25) is 10.0 Å². The van der Waals surface area contributed by atoms with Crippen molar-refractivity contribution in [1.29, 1.82) is 0 Å². The first-order chi connectivity index (χ1) is 9.35. The molecular formula is C13H21N3O3S. The third-order valence-electron chi connectivity index (χ3n) is 2.42. The van der Waals surface area contributed by atoms with Crippen molar-refractivity contribution in [3.63, 3.8) is 0 Å². The molecule has 0 atom stereocenters. The molecule has 20 heavy (non-hydrogen) atoms. The van der Waals surface area contributed by atoms with Gasteiger partial charge < -0.3 is 11.1 Å². The smallest absolute Gasteiger partial charge is 0.253 e. The molecule has 1 aromatic rings. The van der Waals surface area contributed by atoms with Crippen molar-refractivity contribution in [2.75, 3.05) is 23.6 Å². The van der Waals surface area contributed by atoms with Crippen LogP contribution in [-0.4, -0.2) is 33.2 Å². The van der Waals surface area contributed by atoms with E-state index in [4.69, 9.17) is 5.73 Å². The second-order valence-corrected chi connectivity index (χ2v) is 6.63. The average Bonchev–Trinajstić information content (AvgIpc) is 2.34. The van der Waals surface area contributed by atoms with Crippen LogP contribution in [-0.2, 0) is 10.0 Å². The number of carbonyl (C=O) groups excluding carboxylic acids is 1. The number of hydrogen-bond donors (Lipinski definition) is 3. The van der Waals surface area contributed by atoms with Gasteiger partial charge in [0.15, 0.2) is 0 Å². The summed E-state index contributed by atoms with van der Waals surface area (Å²) in [5, 5.41) is 2.62. The van der Waals surface area contributed by atoms with E-state index in [0.717, 1.165) is 0 Å². The van der Waals surface area contributed by atoms with E-state index in [-0.39, 0.29) is 28.8 Å². The highest BCUT2D eigenvalue weighted by Gasteiger charge is 2.17. The summed E-state index contributed by atoms with van der Waals surface area (Å²) in [6.45, 7) is 4.30. The number of benzene rings is 1. The molecule has 0 aliphatic carbocycles. The van der Waals surface area contributed by atoms with E-state index in [9.17, 15) is 13.2 Å². The van der Waals surface area contributed by atoms with Crippen molar-refractivity contribution in [3.8, 4) is 0 Å². The van der Waals surface area contributed by atoms with Crippen molar-refractivity contribution in [3.05, 3.63) is 29.8 Å². The average molecular weight is 299 g/mol. The van der Waals surface area contributed by atoms with Gasteiger partial charge in [-0.25, -0.2) is 8.42 Å². The molecule has 1 aromatic carbocycles. The minimum Gasteiger partial charge on any atom is -0.351 e. The summed E-state index contributed by atoms with van der Waals surface area (Å²) in [4.78, 5) is 11.9. The van der Waals surface area contributed by atoms with Crippen molar-refractivity contribution in [1.82, 2.24) is 5.32 Å². The second kappa shape index (κ2) is 7.25. The van der Waals surface area contributed by atoms with Crippen LogP contribution in [0.5, 0.6) is 0 Å². The van der Waals surface area contributed by atoms with Crippen molar-refractivity contribution < 1.29 is 13.2 Å². The standard InChI is InChI=1S/C13H21N3O3S/c1-10(2)9-20(18,19)16-12-6-4-3-5-11(12)13(17)15-8-7-14/h3-6,10,16H,7-9,14H2,1-2H3,(H,15,17). The lowest BCUT2D eigenvalue weighted by molar-refractivity contribution is 0.0955. The van der Waals surface area contributed by atoms with E-state index in [0.29, 0.717) is 13.1 Å². The number of anilines is 1. The number of hydrogen-bond acceptors (Lipinski definition) is 4. The van der Waals surface area contributed by atoms with Gasteiger partial charge in [-0.05, 0) is 18.1 Å². The first kappa shape index (κ1) is 16.5. The van der Waals surface area contributed by atoms with Gasteiger partial charge in [-0.1, -0.05) is 26.0 Å². The van der Waals surface area contributed by atoms with Gasteiger partial charge in [-0.15, -0.1) is 0 Å². The summed E-state index contributed by atoms with van der Waals surface area (Å²) >= 11 is 0. The van der Waals surface area contributed by atoms with Crippen molar-refractivity contribution in [2.24, 2.45) is 11.7 Å². The molecule has 112 valence electrons. The van der Waals surface area contributed by atoms with E-state index in [2.05, 4.69) is 10.0 Å². The number of carbonyl (C=O) groups is 1. The third-order valence-corrected chi connectivity index (χ3v) is 4.06. The van der Waals surface area contributed by atoms with E-state index >= 15 is 0 Å². The maximum Gasteiger partial charge on any atom is 0.253 e. The molecule has 0 aromatic heterocycles. The molecule has 0 spiro atoms. The fraction of sp³-hybridized carbons (Fsp3) is 0.462. The quantitative estimate of drug-likeness (QED) is 0.692. The van der Waals surface area contributed by atoms with Gasteiger partial charge >= 0.3 is 0 Å². The number of nitrogens with one attached hydrogen (secondary N) is 2. The summed E-state index contributed by atoms with van der Waals surface area (Å²) < 4.78 is 26.3. The lowest BCUT2D eigenvalue weighted by Gasteiger charge is -2.13. The lowest BCUT2D eigenvalue weighted by atomic mass is 10.1. The Morgan fingerprint density at radius 3 is 2.55 bits per heavy atom. The SMILES string of the molecule is CC(C)CS(=O)(=O)Nc1ccccc1C(=O)NCCN. The van der Waals surface area contributed by atoms with E-state index in [1.807, 2.05) is 13.8 Å². The van der Waals surface area contributed by atoms with Gasteiger partial charge in [0.25, 0.3) is 5.91 Å². The second-order valence-electron chi connectivity index (χ2n) is 4.87. The minimum absolute atomic E-state index is 0.00530. The predicted molar refractivity (Wildman–Crippen MR) is 80.1 cm³/mol. The van der Waals surface area contributed by atoms with Crippen LogP contribution in [0.2, 0.25) is 0 Å².